The van der Waals surface area contributed by atoms with Crippen LogP contribution in [0.1, 0.15) is 51.3 Å². The van der Waals surface area contributed by atoms with E-state index in [9.17, 15) is 0 Å². The molecule has 1 aliphatic carbocycles. The molecule has 0 fully saturated rings. The molecule has 0 N–H and O–H groups in total. The molecular weight excluding hydrogens is 707 g/mol. The summed E-state index contributed by atoms with van der Waals surface area (Å²) >= 11 is 1.86. The second-order valence-corrected chi connectivity index (χ2v) is 18.1. The number of fused-ring (bicyclic) bond motifs is 6. The molecule has 0 saturated heterocycles. The molecule has 0 bridgehead atoms. The topological polar surface area (TPSA) is 3.24 Å². The molecule has 276 valence electrons. The second kappa shape index (κ2) is 13.5. The van der Waals surface area contributed by atoms with E-state index in [1.807, 2.05) is 11.3 Å². The molecule has 1 nitrogen and oxygen atoms in total. The number of hydrogen-bond acceptors (Lipinski definition) is 2. The minimum atomic E-state index is -0.0380. The summed E-state index contributed by atoms with van der Waals surface area (Å²) < 4.78 is 2.66. The summed E-state index contributed by atoms with van der Waals surface area (Å²) in [6.07, 6.45) is 0. The average molecular weight is 752 g/mol. The summed E-state index contributed by atoms with van der Waals surface area (Å²) in [5, 5.41) is 2.65. The average Bonchev–Trinajstić information content (AvgIpc) is 3.72. The zero-order chi connectivity index (χ0) is 38.9. The molecule has 0 saturated carbocycles. The van der Waals surface area contributed by atoms with E-state index in [0.717, 1.165) is 17.1 Å². The normalized spacial score (nSPS) is 13.1. The fraction of sp³-hybridized carbons (Fsp3) is 0.127. The van der Waals surface area contributed by atoms with Crippen LogP contribution in [0.4, 0.5) is 17.1 Å². The zero-order valence-corrected chi connectivity index (χ0v) is 34.0. The molecule has 1 aromatic heterocycles. The maximum Gasteiger partial charge on any atom is 0.0467 e. The smallest absolute Gasteiger partial charge is 0.0467 e. The van der Waals surface area contributed by atoms with Gasteiger partial charge < -0.3 is 4.90 Å². The fourth-order valence-electron chi connectivity index (χ4n) is 8.81. The molecule has 0 spiro atoms. The number of benzene rings is 8. The molecule has 0 amide bonds. The lowest BCUT2D eigenvalue weighted by atomic mass is 9.79. The first-order chi connectivity index (χ1) is 27.6. The second-order valence-electron chi connectivity index (χ2n) is 17.1. The first kappa shape index (κ1) is 35.2. The molecule has 2 heteroatoms. The highest BCUT2D eigenvalue weighted by molar-refractivity contribution is 7.25. The Kier molecular flexibility index (Phi) is 8.32. The van der Waals surface area contributed by atoms with Gasteiger partial charge in [-0.1, -0.05) is 156 Å². The van der Waals surface area contributed by atoms with Gasteiger partial charge in [-0.2, -0.15) is 0 Å². The van der Waals surface area contributed by atoms with Crippen LogP contribution in [0.3, 0.4) is 0 Å². The van der Waals surface area contributed by atoms with E-state index < -0.39 is 0 Å². The molecule has 0 radical (unpaired) electrons. The van der Waals surface area contributed by atoms with Crippen LogP contribution in [-0.2, 0) is 10.8 Å². The molecule has 9 aromatic rings. The van der Waals surface area contributed by atoms with Gasteiger partial charge in [0.15, 0.2) is 0 Å². The third-order valence-corrected chi connectivity index (χ3v) is 13.2. The zero-order valence-electron chi connectivity index (χ0n) is 33.2. The quantitative estimate of drug-likeness (QED) is 0.164. The Balaban J connectivity index is 1.02. The van der Waals surface area contributed by atoms with Crippen LogP contribution in [0.15, 0.2) is 182 Å². The van der Waals surface area contributed by atoms with Gasteiger partial charge in [0, 0.05) is 42.6 Å². The molecule has 1 heterocycles. The number of thiophene rings is 1. The maximum atomic E-state index is 2.45. The van der Waals surface area contributed by atoms with E-state index in [-0.39, 0.29) is 10.8 Å². The summed E-state index contributed by atoms with van der Waals surface area (Å²) in [4.78, 5) is 2.38. The van der Waals surface area contributed by atoms with Gasteiger partial charge in [-0.25, -0.2) is 0 Å². The monoisotopic (exact) mass is 751 g/mol. The molecule has 0 unspecified atom stereocenters. The standard InChI is InChI=1S/C55H45NS/c1-54(2,3)42-24-29-46-48-33-40(22-30-50(48)55(4,5)51(46)35-42)37-18-25-43(26-19-37)56(45-15-11-14-39(32-45)36-12-7-6-8-13-36)44-27-20-38(21-28-44)41-23-31-53-49(34-41)47-16-9-10-17-52(47)57-53/h6-35H,1-5H3. The van der Waals surface area contributed by atoms with Crippen LogP contribution in [0.2, 0.25) is 0 Å². The fourth-order valence-corrected chi connectivity index (χ4v) is 9.90. The molecule has 1 aliphatic rings. The molecule has 0 aliphatic heterocycles. The SMILES string of the molecule is CC(C)(C)c1ccc2c(c1)C(C)(C)c1ccc(-c3ccc(N(c4ccc(-c5ccc6sc7ccccc7c6c5)cc4)c4cccc(-c5ccccc5)c4)cc3)cc1-2. The highest BCUT2D eigenvalue weighted by atomic mass is 32.1. The predicted molar refractivity (Wildman–Crippen MR) is 247 cm³/mol. The number of rotatable bonds is 6. The van der Waals surface area contributed by atoms with Crippen LogP contribution in [0.25, 0.3) is 64.7 Å². The van der Waals surface area contributed by atoms with Crippen molar-refractivity contribution in [2.45, 2.75) is 45.4 Å². The van der Waals surface area contributed by atoms with Crippen molar-refractivity contribution in [1.29, 1.82) is 0 Å². The van der Waals surface area contributed by atoms with Crippen LogP contribution in [-0.4, -0.2) is 0 Å². The lowest BCUT2D eigenvalue weighted by Crippen LogP contribution is -2.17. The third-order valence-electron chi connectivity index (χ3n) is 12.0. The maximum absolute atomic E-state index is 2.45. The van der Waals surface area contributed by atoms with Crippen molar-refractivity contribution in [2.75, 3.05) is 4.90 Å². The van der Waals surface area contributed by atoms with E-state index >= 15 is 0 Å². The summed E-state index contributed by atoms with van der Waals surface area (Å²) in [7, 11) is 0. The van der Waals surface area contributed by atoms with Gasteiger partial charge in [0.25, 0.3) is 0 Å². The Morgan fingerprint density at radius 3 is 1.70 bits per heavy atom. The van der Waals surface area contributed by atoms with Crippen LogP contribution >= 0.6 is 11.3 Å². The van der Waals surface area contributed by atoms with Crippen molar-refractivity contribution >= 4 is 48.6 Å². The lowest BCUT2D eigenvalue weighted by molar-refractivity contribution is 0.584. The minimum Gasteiger partial charge on any atom is -0.310 e. The van der Waals surface area contributed by atoms with E-state index in [4.69, 9.17) is 0 Å². The van der Waals surface area contributed by atoms with Gasteiger partial charge in [0.05, 0.1) is 0 Å². The summed E-state index contributed by atoms with van der Waals surface area (Å²) in [5.74, 6) is 0. The van der Waals surface area contributed by atoms with E-state index in [0.29, 0.717) is 0 Å². The Morgan fingerprint density at radius 2 is 0.982 bits per heavy atom. The highest BCUT2D eigenvalue weighted by Gasteiger charge is 2.36. The van der Waals surface area contributed by atoms with Gasteiger partial charge in [0.1, 0.15) is 0 Å². The first-order valence-electron chi connectivity index (χ1n) is 20.0. The van der Waals surface area contributed by atoms with Gasteiger partial charge in [-0.15, -0.1) is 11.3 Å². The summed E-state index contributed by atoms with van der Waals surface area (Å²) in [6, 6.07) is 67.5. The van der Waals surface area contributed by atoms with Crippen LogP contribution in [0, 0.1) is 0 Å². The lowest BCUT2D eigenvalue weighted by Gasteiger charge is -2.26. The van der Waals surface area contributed by atoms with Crippen LogP contribution in [0.5, 0.6) is 0 Å². The Labute approximate surface area is 340 Å². The Morgan fingerprint density at radius 1 is 0.404 bits per heavy atom. The molecule has 57 heavy (non-hydrogen) atoms. The van der Waals surface area contributed by atoms with Crippen molar-refractivity contribution in [3.8, 4) is 44.5 Å². The first-order valence-corrected chi connectivity index (χ1v) is 20.8. The van der Waals surface area contributed by atoms with Gasteiger partial charge >= 0.3 is 0 Å². The van der Waals surface area contributed by atoms with E-state index in [2.05, 4.69) is 222 Å². The van der Waals surface area contributed by atoms with E-state index in [1.54, 1.807) is 0 Å². The number of anilines is 3. The van der Waals surface area contributed by atoms with Crippen molar-refractivity contribution in [1.82, 2.24) is 0 Å². The molecule has 8 aromatic carbocycles. The minimum absolute atomic E-state index is 0.0380. The molecular formula is C55H45NS. The Bertz CT molecular complexity index is 2940. The van der Waals surface area contributed by atoms with Crippen LogP contribution < -0.4 is 4.90 Å². The molecule has 10 rings (SSSR count). The van der Waals surface area contributed by atoms with Crippen molar-refractivity contribution in [2.24, 2.45) is 0 Å². The third kappa shape index (κ3) is 6.16. The number of hydrogen-bond donors (Lipinski definition) is 0. The van der Waals surface area contributed by atoms with Crippen molar-refractivity contribution < 1.29 is 0 Å². The number of nitrogens with zero attached hydrogens (tertiary/aromatic N) is 1. The molecule has 0 atom stereocenters. The van der Waals surface area contributed by atoms with Gasteiger partial charge in [0.2, 0.25) is 0 Å². The highest BCUT2D eigenvalue weighted by Crippen LogP contribution is 2.51. The summed E-state index contributed by atoms with van der Waals surface area (Å²) in [6.45, 7) is 11.6. The summed E-state index contributed by atoms with van der Waals surface area (Å²) in [5.41, 5.74) is 17.6. The van der Waals surface area contributed by atoms with E-state index in [1.165, 1.54) is 81.4 Å². The van der Waals surface area contributed by atoms with Gasteiger partial charge in [-0.05, 0) is 127 Å². The van der Waals surface area contributed by atoms with Crippen molar-refractivity contribution in [3.63, 3.8) is 0 Å². The largest absolute Gasteiger partial charge is 0.310 e. The van der Waals surface area contributed by atoms with Crippen molar-refractivity contribution in [3.05, 3.63) is 199 Å². The Hall–Kier alpha value is -6.22. The van der Waals surface area contributed by atoms with Gasteiger partial charge in [-0.3, -0.25) is 0 Å². The predicted octanol–water partition coefficient (Wildman–Crippen LogP) is 16.1.